The maximum absolute atomic E-state index is 12.4. The summed E-state index contributed by atoms with van der Waals surface area (Å²) < 4.78 is 7.04. The average Bonchev–Trinajstić information content (AvgIpc) is 3.23. The Labute approximate surface area is 181 Å². The summed E-state index contributed by atoms with van der Waals surface area (Å²) in [5.41, 5.74) is 0.896. The lowest BCUT2D eigenvalue weighted by molar-refractivity contribution is -0.109. The highest BCUT2D eigenvalue weighted by atomic mass is 16.5. The molecule has 1 unspecified atom stereocenters. The van der Waals surface area contributed by atoms with Gasteiger partial charge in [-0.25, -0.2) is 0 Å². The molecule has 6 aliphatic rings. The van der Waals surface area contributed by atoms with Gasteiger partial charge in [-0.15, -0.1) is 0 Å². The summed E-state index contributed by atoms with van der Waals surface area (Å²) in [4.78, 5) is 17.9. The minimum atomic E-state index is -0.300. The number of ether oxygens (including phenoxy) is 1. The average molecular weight is 409 g/mol. The first kappa shape index (κ1) is 19.5. The van der Waals surface area contributed by atoms with Crippen molar-refractivity contribution in [2.75, 3.05) is 19.6 Å². The van der Waals surface area contributed by atoms with Crippen molar-refractivity contribution in [3.63, 3.8) is 0 Å². The van der Waals surface area contributed by atoms with Crippen molar-refractivity contribution in [3.05, 3.63) is 36.0 Å². The minimum absolute atomic E-state index is 0.148. The van der Waals surface area contributed by atoms with Crippen LogP contribution in [-0.4, -0.2) is 59.6 Å². The van der Waals surface area contributed by atoms with Crippen LogP contribution < -0.4 is 0 Å². The molecule has 0 N–H and O–H groups in total. The molecule has 0 radical (unpaired) electrons. The molecule has 3 fully saturated rings. The van der Waals surface area contributed by atoms with Crippen molar-refractivity contribution in [3.8, 4) is 0 Å². The SMILES string of the molecule is O=CC1=C[C@]23CC/C=C\CCCCN4CC[C@@H]1[C@]1(C[C@@H]5/C=C\CCC[C@@H](O2)N5[C@H]13)C4. The molecule has 0 aromatic carbocycles. The van der Waals surface area contributed by atoms with E-state index in [2.05, 4.69) is 40.2 Å². The number of hydrogen-bond acceptors (Lipinski definition) is 4. The minimum Gasteiger partial charge on any atom is -0.351 e. The molecule has 3 saturated heterocycles. The molecule has 1 spiro atoms. The van der Waals surface area contributed by atoms with Gasteiger partial charge in [-0.3, -0.25) is 9.69 Å². The van der Waals surface area contributed by atoms with E-state index in [0.29, 0.717) is 18.0 Å². The van der Waals surface area contributed by atoms with Gasteiger partial charge in [0.15, 0.2) is 0 Å². The summed E-state index contributed by atoms with van der Waals surface area (Å²) in [6.45, 7) is 3.48. The van der Waals surface area contributed by atoms with E-state index in [4.69, 9.17) is 4.74 Å². The first-order chi connectivity index (χ1) is 14.8. The molecule has 30 heavy (non-hydrogen) atoms. The van der Waals surface area contributed by atoms with Crippen LogP contribution in [0.5, 0.6) is 0 Å². The van der Waals surface area contributed by atoms with Gasteiger partial charge in [0.25, 0.3) is 0 Å². The fraction of sp³-hybridized carbons (Fsp3) is 0.731. The number of piperidine rings is 1. The number of carbonyl (C=O) groups excluding carboxylic acids is 1. The summed E-state index contributed by atoms with van der Waals surface area (Å²) in [6, 6.07) is 0.876. The van der Waals surface area contributed by atoms with Gasteiger partial charge in [0, 0.05) is 18.0 Å². The first-order valence-electron chi connectivity index (χ1n) is 12.4. The summed E-state index contributed by atoms with van der Waals surface area (Å²) in [7, 11) is 0. The molecular formula is C26H36N2O2. The van der Waals surface area contributed by atoms with E-state index in [1.807, 2.05) is 0 Å². The smallest absolute Gasteiger partial charge is 0.146 e. The second kappa shape index (κ2) is 7.43. The van der Waals surface area contributed by atoms with Crippen LogP contribution in [-0.2, 0) is 9.53 Å². The standard InChI is InChI=1S/C26H36N2O2/c29-18-20-16-26-13-8-3-1-2-4-9-14-27-15-12-22(20)25(19-27)17-21-10-6-5-7-11-23(30-26)28(21)24(25)26/h1,3,6,10,16,18,21-24H,2,4-5,7-9,11-15,17,19H2/b3-1-,10-6-/t21-,22-,23+,24+,25-,26-/m0/s1. The number of nitrogens with zero attached hydrogens (tertiary/aromatic N) is 2. The fourth-order valence-electron chi connectivity index (χ4n) is 8.03. The molecular weight excluding hydrogens is 372 g/mol. The molecule has 0 aromatic rings. The quantitative estimate of drug-likeness (QED) is 0.480. The molecule has 5 heterocycles. The Bertz CT molecular complexity index is 788. The van der Waals surface area contributed by atoms with E-state index in [1.165, 1.54) is 51.4 Å². The van der Waals surface area contributed by atoms with Crippen molar-refractivity contribution in [2.24, 2.45) is 11.3 Å². The maximum Gasteiger partial charge on any atom is 0.146 e. The molecule has 4 nitrogen and oxygen atoms in total. The molecule has 162 valence electrons. The zero-order valence-corrected chi connectivity index (χ0v) is 18.2. The van der Waals surface area contributed by atoms with Crippen LogP contribution in [0.2, 0.25) is 0 Å². The fourth-order valence-corrected chi connectivity index (χ4v) is 8.03. The lowest BCUT2D eigenvalue weighted by atomic mass is 9.55. The Kier molecular flexibility index (Phi) is 4.82. The number of rotatable bonds is 1. The monoisotopic (exact) mass is 408 g/mol. The summed E-state index contributed by atoms with van der Waals surface area (Å²) in [5.74, 6) is 0.397. The Balaban J connectivity index is 1.51. The van der Waals surface area contributed by atoms with Crippen molar-refractivity contribution in [2.45, 2.75) is 88.1 Å². The van der Waals surface area contributed by atoms with Crippen molar-refractivity contribution in [1.82, 2.24) is 9.80 Å². The second-order valence-corrected chi connectivity index (χ2v) is 10.6. The summed E-state index contributed by atoms with van der Waals surface area (Å²) in [5, 5.41) is 0. The predicted molar refractivity (Wildman–Crippen MR) is 118 cm³/mol. The summed E-state index contributed by atoms with van der Waals surface area (Å²) >= 11 is 0. The van der Waals surface area contributed by atoms with Crippen LogP contribution in [0.15, 0.2) is 36.0 Å². The third-order valence-corrected chi connectivity index (χ3v) is 9.00. The van der Waals surface area contributed by atoms with Crippen molar-refractivity contribution >= 4 is 6.29 Å². The van der Waals surface area contributed by atoms with Gasteiger partial charge in [-0.2, -0.15) is 0 Å². The van der Waals surface area contributed by atoms with Crippen LogP contribution in [0, 0.1) is 11.3 Å². The molecule has 6 rings (SSSR count). The van der Waals surface area contributed by atoms with Crippen LogP contribution in [0.25, 0.3) is 0 Å². The molecule has 5 aliphatic heterocycles. The van der Waals surface area contributed by atoms with Crippen LogP contribution in [0.4, 0.5) is 0 Å². The zero-order valence-electron chi connectivity index (χ0n) is 18.2. The highest BCUT2D eigenvalue weighted by Crippen LogP contribution is 2.64. The topological polar surface area (TPSA) is 32.8 Å². The number of hydrogen-bond donors (Lipinski definition) is 0. The number of allylic oxidation sites excluding steroid dienone is 4. The van der Waals surface area contributed by atoms with Gasteiger partial charge in [0.2, 0.25) is 0 Å². The Morgan fingerprint density at radius 1 is 1.03 bits per heavy atom. The van der Waals surface area contributed by atoms with Crippen molar-refractivity contribution < 1.29 is 9.53 Å². The van der Waals surface area contributed by atoms with Gasteiger partial charge in [0.1, 0.15) is 18.1 Å². The van der Waals surface area contributed by atoms with Crippen LogP contribution in [0.1, 0.15) is 64.2 Å². The lowest BCUT2D eigenvalue weighted by Gasteiger charge is -2.55. The van der Waals surface area contributed by atoms with Gasteiger partial charge in [0.05, 0.1) is 6.04 Å². The molecule has 0 amide bonds. The predicted octanol–water partition coefficient (Wildman–Crippen LogP) is 4.23. The highest BCUT2D eigenvalue weighted by Gasteiger charge is 2.70. The normalized spacial score (nSPS) is 50.1. The van der Waals surface area contributed by atoms with Gasteiger partial charge < -0.3 is 9.64 Å². The third kappa shape index (κ3) is 2.79. The van der Waals surface area contributed by atoms with Crippen molar-refractivity contribution in [1.29, 1.82) is 0 Å². The Morgan fingerprint density at radius 3 is 2.87 bits per heavy atom. The van der Waals surface area contributed by atoms with E-state index in [0.717, 1.165) is 44.3 Å². The Morgan fingerprint density at radius 2 is 1.93 bits per heavy atom. The van der Waals surface area contributed by atoms with Crippen LogP contribution >= 0.6 is 0 Å². The van der Waals surface area contributed by atoms with E-state index in [-0.39, 0.29) is 17.2 Å². The number of aldehydes is 1. The number of carbonyl (C=O) groups is 1. The largest absolute Gasteiger partial charge is 0.351 e. The number of fused-ring (bicyclic) bond motifs is 1. The van der Waals surface area contributed by atoms with Gasteiger partial charge >= 0.3 is 0 Å². The lowest BCUT2D eigenvalue weighted by Crippen LogP contribution is -2.63. The molecule has 7 atom stereocenters. The van der Waals surface area contributed by atoms with Crippen LogP contribution in [0.3, 0.4) is 0 Å². The molecule has 4 heteroatoms. The van der Waals surface area contributed by atoms with E-state index in [9.17, 15) is 4.79 Å². The van der Waals surface area contributed by atoms with E-state index >= 15 is 0 Å². The van der Waals surface area contributed by atoms with E-state index < -0.39 is 0 Å². The zero-order chi connectivity index (χ0) is 20.2. The Hall–Kier alpha value is -1.23. The maximum atomic E-state index is 12.4. The molecule has 1 aliphatic carbocycles. The highest BCUT2D eigenvalue weighted by molar-refractivity contribution is 5.76. The molecule has 3 bridgehead atoms. The molecule has 0 aromatic heterocycles. The molecule has 0 saturated carbocycles. The van der Waals surface area contributed by atoms with E-state index in [1.54, 1.807) is 0 Å². The first-order valence-corrected chi connectivity index (χ1v) is 12.4. The third-order valence-electron chi connectivity index (χ3n) is 9.00. The van der Waals surface area contributed by atoms with Gasteiger partial charge in [-0.05, 0) is 94.9 Å². The summed E-state index contributed by atoms with van der Waals surface area (Å²) in [6.07, 6.45) is 25.0. The second-order valence-electron chi connectivity index (χ2n) is 10.6. The van der Waals surface area contributed by atoms with Gasteiger partial charge in [-0.1, -0.05) is 24.3 Å².